The van der Waals surface area contributed by atoms with Crippen LogP contribution in [0.2, 0.25) is 0 Å². The van der Waals surface area contributed by atoms with Gasteiger partial charge in [-0.25, -0.2) is 0 Å². The molecule has 0 fully saturated rings. The fourth-order valence-corrected chi connectivity index (χ4v) is 8.06. The van der Waals surface area contributed by atoms with E-state index in [1.165, 1.54) is 60.1 Å². The maximum Gasteiger partial charge on any atom is 0.0562 e. The van der Waals surface area contributed by atoms with E-state index in [0.29, 0.717) is 0 Å². The molecule has 10 rings (SSSR count). The molecule has 9 aromatic carbocycles. The molecule has 1 aromatic heterocycles. The molecule has 1 heterocycles. The van der Waals surface area contributed by atoms with Crippen LogP contribution >= 0.6 is 0 Å². The summed E-state index contributed by atoms with van der Waals surface area (Å²) in [6.45, 7) is 0. The topological polar surface area (TPSA) is 8.17 Å². The molecular formula is C50H34N2. The lowest BCUT2D eigenvalue weighted by molar-refractivity contribution is 1.18. The number of aromatic nitrogens is 1. The summed E-state index contributed by atoms with van der Waals surface area (Å²) < 4.78 is 2.46. The van der Waals surface area contributed by atoms with E-state index in [9.17, 15) is 0 Å². The summed E-state index contributed by atoms with van der Waals surface area (Å²) in [5.41, 5.74) is 11.7. The molecule has 0 amide bonds. The monoisotopic (exact) mass is 662 g/mol. The van der Waals surface area contributed by atoms with Gasteiger partial charge in [0.1, 0.15) is 0 Å². The Morgan fingerprint density at radius 3 is 1.83 bits per heavy atom. The molecule has 0 aliphatic rings. The highest BCUT2D eigenvalue weighted by Crippen LogP contribution is 2.47. The van der Waals surface area contributed by atoms with Crippen molar-refractivity contribution < 1.29 is 0 Å². The zero-order valence-electron chi connectivity index (χ0n) is 28.5. The summed E-state index contributed by atoms with van der Waals surface area (Å²) in [7, 11) is 0. The van der Waals surface area contributed by atoms with E-state index in [1.807, 2.05) is 0 Å². The normalized spacial score (nSPS) is 11.5. The first kappa shape index (κ1) is 30.0. The van der Waals surface area contributed by atoms with Gasteiger partial charge in [-0.1, -0.05) is 158 Å². The number of hydrogen-bond acceptors (Lipinski definition) is 1. The second-order valence-corrected chi connectivity index (χ2v) is 13.3. The van der Waals surface area contributed by atoms with Crippen molar-refractivity contribution >= 4 is 60.4 Å². The highest BCUT2D eigenvalue weighted by atomic mass is 15.2. The number of fused-ring (bicyclic) bond motifs is 5. The third kappa shape index (κ3) is 4.88. The maximum atomic E-state index is 2.46. The van der Waals surface area contributed by atoms with Gasteiger partial charge in [-0.2, -0.15) is 0 Å². The zero-order valence-corrected chi connectivity index (χ0v) is 28.5. The van der Waals surface area contributed by atoms with Crippen LogP contribution in [0.15, 0.2) is 206 Å². The number of benzene rings is 9. The van der Waals surface area contributed by atoms with Crippen LogP contribution in [-0.2, 0) is 0 Å². The number of rotatable bonds is 6. The molecule has 0 aliphatic heterocycles. The lowest BCUT2D eigenvalue weighted by atomic mass is 9.96. The molecule has 0 atom stereocenters. The van der Waals surface area contributed by atoms with Crippen molar-refractivity contribution in [1.82, 2.24) is 4.57 Å². The first-order chi connectivity index (χ1) is 25.8. The molecule has 2 heteroatoms. The molecule has 0 radical (unpaired) electrons. The van der Waals surface area contributed by atoms with Crippen LogP contribution in [-0.4, -0.2) is 4.57 Å². The Labute approximate surface area is 303 Å². The highest BCUT2D eigenvalue weighted by molar-refractivity contribution is 6.17. The standard InChI is InChI=1S/C50H34N2/c1-2-20-39(21-3-1)51(46-28-12-9-24-43(46)42-26-14-19-36-17-6-7-22-40(36)42)48-30-15-31-49-50(48)44-25-10-13-29-47(44)52(49)45-27-11-8-23-41(45)38-33-32-35-16-4-5-18-37(35)34-38/h1-34H. The van der Waals surface area contributed by atoms with E-state index < -0.39 is 0 Å². The summed E-state index contributed by atoms with van der Waals surface area (Å²) in [5, 5.41) is 7.38. The molecule has 0 saturated carbocycles. The average Bonchev–Trinajstić information content (AvgIpc) is 3.56. The van der Waals surface area contributed by atoms with Gasteiger partial charge in [0.15, 0.2) is 0 Å². The quantitative estimate of drug-likeness (QED) is 0.172. The molecule has 244 valence electrons. The Hall–Kier alpha value is -6.90. The van der Waals surface area contributed by atoms with Crippen molar-refractivity contribution in [3.8, 4) is 27.9 Å². The van der Waals surface area contributed by atoms with Crippen LogP contribution in [0.3, 0.4) is 0 Å². The molecule has 0 saturated heterocycles. The third-order valence-electron chi connectivity index (χ3n) is 10.4. The van der Waals surface area contributed by atoms with Crippen LogP contribution in [0, 0.1) is 0 Å². The predicted octanol–water partition coefficient (Wildman–Crippen LogP) is 13.9. The third-order valence-corrected chi connectivity index (χ3v) is 10.4. The van der Waals surface area contributed by atoms with E-state index in [-0.39, 0.29) is 0 Å². The molecule has 0 aliphatic carbocycles. The Bertz CT molecular complexity index is 2910. The van der Waals surface area contributed by atoms with Crippen LogP contribution in [0.4, 0.5) is 17.1 Å². The molecule has 2 nitrogen and oxygen atoms in total. The van der Waals surface area contributed by atoms with Gasteiger partial charge in [-0.15, -0.1) is 0 Å². The van der Waals surface area contributed by atoms with Crippen molar-refractivity contribution in [2.45, 2.75) is 0 Å². The molecule has 10 aromatic rings. The van der Waals surface area contributed by atoms with Crippen molar-refractivity contribution in [3.63, 3.8) is 0 Å². The van der Waals surface area contributed by atoms with Crippen molar-refractivity contribution in [2.24, 2.45) is 0 Å². The SMILES string of the molecule is c1ccc(N(c2ccccc2-c2cccc3ccccc23)c2cccc3c2c2ccccc2n3-c2ccccc2-c2ccc3ccccc3c2)cc1. The number of para-hydroxylation sites is 4. The van der Waals surface area contributed by atoms with Crippen LogP contribution in [0.1, 0.15) is 0 Å². The Kier molecular flexibility index (Phi) is 7.18. The minimum atomic E-state index is 1.11. The van der Waals surface area contributed by atoms with Gasteiger partial charge >= 0.3 is 0 Å². The summed E-state index contributed by atoms with van der Waals surface area (Å²) in [4.78, 5) is 2.45. The molecule has 52 heavy (non-hydrogen) atoms. The minimum absolute atomic E-state index is 1.11. The fourth-order valence-electron chi connectivity index (χ4n) is 8.06. The largest absolute Gasteiger partial charge is 0.309 e. The maximum absolute atomic E-state index is 2.46. The van der Waals surface area contributed by atoms with E-state index in [2.05, 4.69) is 216 Å². The second-order valence-electron chi connectivity index (χ2n) is 13.3. The van der Waals surface area contributed by atoms with Gasteiger partial charge in [-0.3, -0.25) is 0 Å². The second kappa shape index (κ2) is 12.5. The van der Waals surface area contributed by atoms with Crippen molar-refractivity contribution in [1.29, 1.82) is 0 Å². The van der Waals surface area contributed by atoms with E-state index >= 15 is 0 Å². The Morgan fingerprint density at radius 1 is 0.346 bits per heavy atom. The summed E-state index contributed by atoms with van der Waals surface area (Å²) >= 11 is 0. The summed E-state index contributed by atoms with van der Waals surface area (Å²) in [6.07, 6.45) is 0. The smallest absolute Gasteiger partial charge is 0.0562 e. The van der Waals surface area contributed by atoms with Crippen LogP contribution < -0.4 is 4.90 Å². The summed E-state index contributed by atoms with van der Waals surface area (Å²) in [6, 6.07) is 74.7. The van der Waals surface area contributed by atoms with Crippen molar-refractivity contribution in [3.05, 3.63) is 206 Å². The van der Waals surface area contributed by atoms with E-state index in [1.54, 1.807) is 0 Å². The average molecular weight is 663 g/mol. The van der Waals surface area contributed by atoms with E-state index in [4.69, 9.17) is 0 Å². The molecule has 0 N–H and O–H groups in total. The van der Waals surface area contributed by atoms with Gasteiger partial charge in [0.25, 0.3) is 0 Å². The van der Waals surface area contributed by atoms with Crippen LogP contribution in [0.5, 0.6) is 0 Å². The minimum Gasteiger partial charge on any atom is -0.309 e. The van der Waals surface area contributed by atoms with Crippen molar-refractivity contribution in [2.75, 3.05) is 4.90 Å². The fraction of sp³-hybridized carbons (Fsp3) is 0. The number of anilines is 3. The molecular weight excluding hydrogens is 629 g/mol. The van der Waals surface area contributed by atoms with Gasteiger partial charge in [0.2, 0.25) is 0 Å². The van der Waals surface area contributed by atoms with Gasteiger partial charge < -0.3 is 9.47 Å². The summed E-state index contributed by atoms with van der Waals surface area (Å²) in [5.74, 6) is 0. The van der Waals surface area contributed by atoms with Gasteiger partial charge in [0.05, 0.1) is 28.1 Å². The predicted molar refractivity (Wildman–Crippen MR) is 221 cm³/mol. The highest BCUT2D eigenvalue weighted by Gasteiger charge is 2.24. The van der Waals surface area contributed by atoms with E-state index in [0.717, 1.165) is 28.3 Å². The van der Waals surface area contributed by atoms with Crippen LogP contribution in [0.25, 0.3) is 71.3 Å². The zero-order chi connectivity index (χ0) is 34.4. The molecule has 0 spiro atoms. The molecule has 0 bridgehead atoms. The number of hydrogen-bond donors (Lipinski definition) is 0. The lowest BCUT2D eigenvalue weighted by Crippen LogP contribution is -2.11. The Balaban J connectivity index is 1.25. The number of nitrogens with zero attached hydrogens (tertiary/aromatic N) is 2. The first-order valence-corrected chi connectivity index (χ1v) is 17.9. The molecule has 0 unspecified atom stereocenters. The lowest BCUT2D eigenvalue weighted by Gasteiger charge is -2.29. The van der Waals surface area contributed by atoms with Gasteiger partial charge in [0, 0.05) is 27.6 Å². The van der Waals surface area contributed by atoms with Gasteiger partial charge in [-0.05, 0) is 81.2 Å². The Morgan fingerprint density at radius 2 is 0.942 bits per heavy atom. The first-order valence-electron chi connectivity index (χ1n) is 17.9.